The molecule has 0 saturated heterocycles. The van der Waals surface area contributed by atoms with Crippen LogP contribution in [0.4, 0.5) is 22.0 Å². The van der Waals surface area contributed by atoms with Gasteiger partial charge in [0, 0.05) is 367 Å². The third-order valence-corrected chi connectivity index (χ3v) is 0.486. The molecule has 0 fully saturated rings. The molecular formula is C17H28Cl3F5NO9Y11-11. The molecule has 0 bridgehead atoms. The second kappa shape index (κ2) is 255. The van der Waals surface area contributed by atoms with Crippen LogP contribution in [0.25, 0.3) is 0 Å². The van der Waals surface area contributed by atoms with E-state index in [0.29, 0.717) is 6.47 Å². The van der Waals surface area contributed by atoms with Gasteiger partial charge in [-0.3, -0.25) is 19.0 Å². The summed E-state index contributed by atoms with van der Waals surface area (Å²) in [5.41, 5.74) is 0. The van der Waals surface area contributed by atoms with Crippen molar-refractivity contribution in [3.8, 4) is 0 Å². The second-order valence-electron chi connectivity index (χ2n) is 2.17. The fourth-order valence-electron chi connectivity index (χ4n) is 0.0373. The van der Waals surface area contributed by atoms with Gasteiger partial charge in [0.05, 0.1) is 7.11 Å². The standard InChI is InChI=1S/C3H6NO2.C2H3F2.C2H3O2.2C2H3O.CHCl2.CH2Cl.CHF2.CH2F.CHO2.CH3O.11Y/c1-4(3-5)6-2;1-2(3)4;1-4-2-3;2*1-2-3;2-1-3;1-2;2-1-3;1-2;2-1-3;1-2;;;;;;;;;;;/h1-2H3;2*1H3;2*1H3;1H;1H2;1H;1H2;(H,2,3);2H,1H2;;;;;;;;;;;/q11*-1;;;;;;;;;;;. The van der Waals surface area contributed by atoms with Crippen molar-refractivity contribution in [1.82, 2.24) is 5.06 Å². The zero-order chi connectivity index (χ0) is 31.5. The summed E-state index contributed by atoms with van der Waals surface area (Å²) >= 11 is 13.7. The molecule has 46 heavy (non-hydrogen) atoms. The summed E-state index contributed by atoms with van der Waals surface area (Å²) in [6, 6.07) is 0. The van der Waals surface area contributed by atoms with Gasteiger partial charge in [-0.2, -0.15) is 26.4 Å². The maximum atomic E-state index is 10.2. The van der Waals surface area contributed by atoms with E-state index in [2.05, 4.69) is 57.9 Å². The molecule has 0 aliphatic heterocycles. The van der Waals surface area contributed by atoms with E-state index in [1.54, 1.807) is 7.18 Å². The largest absolute Gasteiger partial charge is 0.665 e. The smallest absolute Gasteiger partial charge is 0.0604 e. The number of hydrogen-bond acceptors (Lipinski definition) is 8. The van der Waals surface area contributed by atoms with Gasteiger partial charge >= 0.3 is 0 Å². The molecule has 0 aromatic rings. The van der Waals surface area contributed by atoms with Crippen molar-refractivity contribution in [3.05, 3.63) is 39.4 Å². The molecule has 2 N–H and O–H groups in total. The first-order valence-corrected chi connectivity index (χ1v) is 8.13. The summed E-state index contributed by atoms with van der Waals surface area (Å²) in [6.45, 7) is 4.07. The Hall–Kier alpha value is 10.3. The van der Waals surface area contributed by atoms with E-state index < -0.39 is 13.4 Å². The maximum absolute atomic E-state index is 10.2. The van der Waals surface area contributed by atoms with Gasteiger partial charge in [-0.05, 0) is 20.4 Å². The van der Waals surface area contributed by atoms with Crippen LogP contribution in [0.3, 0.4) is 0 Å². The number of rotatable bonds is 3. The van der Waals surface area contributed by atoms with Gasteiger partial charge in [-0.15, -0.1) is 13.3 Å². The number of methoxy groups -OCH3 is 1. The predicted molar refractivity (Wildman–Crippen MR) is 123 cm³/mol. The van der Waals surface area contributed by atoms with Gasteiger partial charge in [0.25, 0.3) is 0 Å². The molecule has 0 aromatic heterocycles. The SMILES string of the molecule is CON(C)[C-]=O.CO[C-]=O.C[C-](F)F.C[C-]=O.C[C-]=O.Cl[CH-]Cl.F[CH-]F.O=[C-]O.[CH2-]Cl.[CH2-]F.[CH2-]O.[Y].[Y].[Y].[Y].[Y].[Y].[Y].[Y].[Y].[Y].[Y]. The molecular weight excluding hydrogens is 1540 g/mol. The van der Waals surface area contributed by atoms with Gasteiger partial charge in [0.2, 0.25) is 0 Å². The van der Waals surface area contributed by atoms with E-state index >= 15 is 0 Å². The number of hydroxylamine groups is 2. The molecule has 0 aliphatic carbocycles. The Balaban J connectivity index is -0.00000000682. The van der Waals surface area contributed by atoms with Crippen LogP contribution in [0.2, 0.25) is 0 Å². The Bertz CT molecular complexity index is 303. The number of halogens is 8. The minimum absolute atomic E-state index is 0. The van der Waals surface area contributed by atoms with Gasteiger partial charge in [0.15, 0.2) is 0 Å². The molecule has 29 heteroatoms. The molecule has 255 valence electrons. The first-order chi connectivity index (χ1) is 16.5. The van der Waals surface area contributed by atoms with Gasteiger partial charge in [-0.1, -0.05) is 12.9 Å². The molecule has 0 heterocycles. The first-order valence-electron chi connectivity index (χ1n) is 6.72. The Kier molecular flexibility index (Phi) is 810. The second-order valence-corrected chi connectivity index (χ2v) is 2.83. The Labute approximate surface area is 564 Å². The monoisotopic (exact) mass is 1570 g/mol. The maximum Gasteiger partial charge on any atom is 0.0604 e. The van der Waals surface area contributed by atoms with E-state index in [0.717, 1.165) is 17.3 Å². The van der Waals surface area contributed by atoms with Gasteiger partial charge in [-0.25, -0.2) is 7.11 Å². The fourth-order valence-corrected chi connectivity index (χ4v) is 0.0373. The normalized spacial score (nSPS) is 4.24. The average Bonchev–Trinajstić information content (AvgIpc) is 2.85. The molecule has 0 aromatic carbocycles. The summed E-state index contributed by atoms with van der Waals surface area (Å²) < 4.78 is 52.5. The fraction of sp³-hybridized carbons (Fsp3) is 0.353. The van der Waals surface area contributed by atoms with E-state index in [1.807, 2.05) is 0 Å². The van der Waals surface area contributed by atoms with Gasteiger partial charge in [0.1, 0.15) is 0 Å². The molecule has 0 aliphatic rings. The summed E-state index contributed by atoms with van der Waals surface area (Å²) in [7, 11) is 8.12. The van der Waals surface area contributed by atoms with Crippen LogP contribution in [-0.4, -0.2) is 68.5 Å². The van der Waals surface area contributed by atoms with Crippen LogP contribution < -0.4 is 0 Å². The molecule has 0 spiro atoms. The Morgan fingerprint density at radius 1 is 0.739 bits per heavy atom. The number of carbonyl (C=O) groups excluding carboxylic acids is 4. The molecule has 0 atom stereocenters. The van der Waals surface area contributed by atoms with Crippen LogP contribution in [0, 0.1) is 39.4 Å². The zero-order valence-corrected chi connectivity index (χ0v) is 59.3. The van der Waals surface area contributed by atoms with Crippen LogP contribution >= 0.6 is 34.8 Å². The number of hydrogen-bond donors (Lipinski definition) is 2. The molecule has 0 rings (SSSR count). The number of ether oxygens (including phenoxy) is 1. The predicted octanol–water partition coefficient (Wildman–Crippen LogP) is 5.04. The summed E-state index contributed by atoms with van der Waals surface area (Å²) in [5.74, 6) is 0. The quantitative estimate of drug-likeness (QED) is 0.172. The summed E-state index contributed by atoms with van der Waals surface area (Å²) in [6.07, 6.45) is 5.61. The number of aliphatic hydroxyl groups is 1. The topological polar surface area (TPSA) is 148 Å². The zero-order valence-electron chi connectivity index (χ0n) is 25.8. The third kappa shape index (κ3) is 657. The number of nitrogens with zero attached hydrogens (tertiary/aromatic N) is 1. The van der Waals surface area contributed by atoms with Crippen molar-refractivity contribution in [3.63, 3.8) is 0 Å². The van der Waals surface area contributed by atoms with E-state index in [-0.39, 0.29) is 360 Å². The average molecular weight is 1570 g/mol. The summed E-state index contributed by atoms with van der Waals surface area (Å²) in [5, 5.41) is 15.4. The first kappa shape index (κ1) is 146. The van der Waals surface area contributed by atoms with E-state index in [1.165, 1.54) is 60.6 Å². The number of aliphatic hydroxyl groups excluding tert-OH is 2. The Morgan fingerprint density at radius 2 is 0.826 bits per heavy atom. The van der Waals surface area contributed by atoms with Crippen LogP contribution in [-0.2, 0) is 393 Å². The van der Waals surface area contributed by atoms with Crippen molar-refractivity contribution in [1.29, 1.82) is 0 Å². The minimum atomic E-state index is -1.58. The van der Waals surface area contributed by atoms with Crippen molar-refractivity contribution in [2.45, 2.75) is 20.8 Å². The van der Waals surface area contributed by atoms with Crippen molar-refractivity contribution in [2.75, 3.05) is 21.3 Å². The summed E-state index contributed by atoms with van der Waals surface area (Å²) in [4.78, 5) is 48.1. The van der Waals surface area contributed by atoms with Crippen LogP contribution in [0.15, 0.2) is 0 Å². The van der Waals surface area contributed by atoms with Crippen molar-refractivity contribution >= 4 is 66.7 Å². The number of amides is 1. The molecule has 0 saturated carbocycles. The van der Waals surface area contributed by atoms with Crippen LogP contribution in [0.1, 0.15) is 20.8 Å². The minimum Gasteiger partial charge on any atom is -0.665 e. The molecule has 10 nitrogen and oxygen atoms in total. The van der Waals surface area contributed by atoms with E-state index in [9.17, 15) is 26.7 Å². The Morgan fingerprint density at radius 3 is 0.826 bits per heavy atom. The van der Waals surface area contributed by atoms with Crippen molar-refractivity contribution < 1.29 is 426 Å². The third-order valence-electron chi connectivity index (χ3n) is 0.486. The molecule has 0 unspecified atom stereocenters. The van der Waals surface area contributed by atoms with Gasteiger partial charge < -0.3 is 106 Å². The molecule has 11 radical (unpaired) electrons. The van der Waals surface area contributed by atoms with Crippen LogP contribution in [0.5, 0.6) is 0 Å². The van der Waals surface area contributed by atoms with Crippen molar-refractivity contribution in [2.24, 2.45) is 0 Å². The van der Waals surface area contributed by atoms with E-state index in [4.69, 9.17) is 29.4 Å². The molecule has 1 amide bonds.